The van der Waals surface area contributed by atoms with Gasteiger partial charge in [-0.1, -0.05) is 6.42 Å². The number of hydrogen-bond acceptors (Lipinski definition) is 4. The summed E-state index contributed by atoms with van der Waals surface area (Å²) in [5, 5.41) is 12.5. The summed E-state index contributed by atoms with van der Waals surface area (Å²) in [5.74, 6) is -0.798. The molecule has 2 aliphatic rings. The van der Waals surface area contributed by atoms with Crippen LogP contribution >= 0.6 is 0 Å². The fraction of sp³-hybridized carbons (Fsp3) is 0.933. The van der Waals surface area contributed by atoms with Crippen molar-refractivity contribution >= 4 is 5.97 Å². The first kappa shape index (κ1) is 15.7. The van der Waals surface area contributed by atoms with Gasteiger partial charge in [0.15, 0.2) is 0 Å². The van der Waals surface area contributed by atoms with Crippen LogP contribution in [0.2, 0.25) is 0 Å². The maximum Gasteiger partial charge on any atom is 0.306 e. The Morgan fingerprint density at radius 2 is 2.20 bits per heavy atom. The molecular formula is C15H27NO4. The molecule has 2 N–H and O–H groups in total. The van der Waals surface area contributed by atoms with Crippen LogP contribution in [0, 0.1) is 5.92 Å². The molecule has 5 heteroatoms. The molecule has 0 radical (unpaired) electrons. The lowest BCUT2D eigenvalue weighted by Gasteiger charge is -2.27. The molecule has 116 valence electrons. The van der Waals surface area contributed by atoms with Gasteiger partial charge in [-0.2, -0.15) is 0 Å². The highest BCUT2D eigenvalue weighted by atomic mass is 16.5. The average Bonchev–Trinajstić information content (AvgIpc) is 2.96. The monoisotopic (exact) mass is 285 g/mol. The third kappa shape index (κ3) is 5.38. The van der Waals surface area contributed by atoms with Crippen LogP contribution in [-0.4, -0.2) is 49.6 Å². The molecule has 5 nitrogen and oxygen atoms in total. The van der Waals surface area contributed by atoms with Crippen molar-refractivity contribution in [1.82, 2.24) is 5.32 Å². The zero-order valence-electron chi connectivity index (χ0n) is 12.2. The minimum Gasteiger partial charge on any atom is -0.481 e. The van der Waals surface area contributed by atoms with Gasteiger partial charge in [-0.25, -0.2) is 0 Å². The van der Waals surface area contributed by atoms with Crippen LogP contribution in [-0.2, 0) is 14.3 Å². The van der Waals surface area contributed by atoms with E-state index in [0.29, 0.717) is 18.8 Å². The quantitative estimate of drug-likeness (QED) is 0.666. The molecule has 0 aromatic rings. The number of aliphatic carboxylic acids is 1. The summed E-state index contributed by atoms with van der Waals surface area (Å²) in [6, 6.07) is 0.364. The summed E-state index contributed by atoms with van der Waals surface area (Å²) in [5.41, 5.74) is 0. The van der Waals surface area contributed by atoms with Gasteiger partial charge in [0, 0.05) is 19.3 Å². The van der Waals surface area contributed by atoms with Gasteiger partial charge in [0.2, 0.25) is 0 Å². The average molecular weight is 285 g/mol. The van der Waals surface area contributed by atoms with Gasteiger partial charge in [0.1, 0.15) is 0 Å². The Morgan fingerprint density at radius 3 is 2.95 bits per heavy atom. The Balaban J connectivity index is 1.47. The second-order valence-electron chi connectivity index (χ2n) is 5.92. The number of nitrogens with one attached hydrogen (secondary N) is 1. The zero-order chi connectivity index (χ0) is 14.2. The van der Waals surface area contributed by atoms with Gasteiger partial charge in [-0.05, 0) is 45.1 Å². The molecule has 2 fully saturated rings. The van der Waals surface area contributed by atoms with E-state index >= 15 is 0 Å². The van der Waals surface area contributed by atoms with Gasteiger partial charge < -0.3 is 19.9 Å². The van der Waals surface area contributed by atoms with Gasteiger partial charge in [0.05, 0.1) is 18.6 Å². The van der Waals surface area contributed by atoms with Crippen molar-refractivity contribution in [3.8, 4) is 0 Å². The van der Waals surface area contributed by atoms with Crippen molar-refractivity contribution in [2.75, 3.05) is 26.4 Å². The van der Waals surface area contributed by atoms with E-state index in [9.17, 15) is 4.79 Å². The van der Waals surface area contributed by atoms with Crippen LogP contribution in [0.5, 0.6) is 0 Å². The molecular weight excluding hydrogens is 258 g/mol. The number of ether oxygens (including phenoxy) is 2. The smallest absolute Gasteiger partial charge is 0.306 e. The Morgan fingerprint density at radius 1 is 1.30 bits per heavy atom. The normalized spacial score (nSPS) is 30.5. The van der Waals surface area contributed by atoms with Crippen LogP contribution in [0.15, 0.2) is 0 Å². The van der Waals surface area contributed by atoms with Crippen molar-refractivity contribution in [2.45, 2.75) is 57.1 Å². The maximum absolute atomic E-state index is 11.0. The molecule has 2 rings (SSSR count). The molecule has 1 aliphatic carbocycles. The summed E-state index contributed by atoms with van der Waals surface area (Å²) in [4.78, 5) is 11.0. The molecule has 1 saturated heterocycles. The Bertz CT molecular complexity index is 292. The molecule has 0 aromatic carbocycles. The van der Waals surface area contributed by atoms with Gasteiger partial charge in [0.25, 0.3) is 0 Å². The number of hydrogen-bond donors (Lipinski definition) is 2. The predicted molar refractivity (Wildman–Crippen MR) is 75.8 cm³/mol. The van der Waals surface area contributed by atoms with E-state index in [-0.39, 0.29) is 5.92 Å². The largest absolute Gasteiger partial charge is 0.481 e. The van der Waals surface area contributed by atoms with Gasteiger partial charge in [-0.3, -0.25) is 4.79 Å². The SMILES string of the molecule is O=C(O)C1CCCC(NCCCOCC2CCCO2)C1. The van der Waals surface area contributed by atoms with Gasteiger partial charge >= 0.3 is 5.97 Å². The van der Waals surface area contributed by atoms with Crippen molar-refractivity contribution in [3.63, 3.8) is 0 Å². The molecule has 3 unspecified atom stereocenters. The van der Waals surface area contributed by atoms with E-state index in [2.05, 4.69) is 5.32 Å². The van der Waals surface area contributed by atoms with Crippen LogP contribution in [0.1, 0.15) is 44.9 Å². The first-order chi connectivity index (χ1) is 9.75. The summed E-state index contributed by atoms with van der Waals surface area (Å²) in [6.07, 6.45) is 7.27. The molecule has 0 amide bonds. The standard InChI is InChI=1S/C15H27NO4/c17-15(18)12-4-1-5-13(10-12)16-7-3-8-19-11-14-6-2-9-20-14/h12-14,16H,1-11H2,(H,17,18). The minimum absolute atomic E-state index is 0.156. The second-order valence-corrected chi connectivity index (χ2v) is 5.92. The predicted octanol–water partition coefficient (Wildman–Crippen LogP) is 1.81. The van der Waals surface area contributed by atoms with Crippen LogP contribution in [0.4, 0.5) is 0 Å². The van der Waals surface area contributed by atoms with E-state index in [1.165, 1.54) is 0 Å². The van der Waals surface area contributed by atoms with Crippen LogP contribution in [0.25, 0.3) is 0 Å². The van der Waals surface area contributed by atoms with E-state index in [1.54, 1.807) is 0 Å². The van der Waals surface area contributed by atoms with E-state index < -0.39 is 5.97 Å². The number of carboxylic acids is 1. The van der Waals surface area contributed by atoms with Crippen molar-refractivity contribution in [3.05, 3.63) is 0 Å². The molecule has 0 bridgehead atoms. The summed E-state index contributed by atoms with van der Waals surface area (Å²) >= 11 is 0. The van der Waals surface area contributed by atoms with Crippen LogP contribution < -0.4 is 5.32 Å². The number of rotatable bonds is 8. The lowest BCUT2D eigenvalue weighted by molar-refractivity contribution is -0.143. The lowest BCUT2D eigenvalue weighted by atomic mass is 9.86. The first-order valence-electron chi connectivity index (χ1n) is 7.91. The second kappa shape index (κ2) is 8.60. The third-order valence-electron chi connectivity index (χ3n) is 4.25. The Labute approximate surface area is 121 Å². The Kier molecular flexibility index (Phi) is 6.76. The summed E-state index contributed by atoms with van der Waals surface area (Å²) < 4.78 is 11.1. The van der Waals surface area contributed by atoms with E-state index in [0.717, 1.165) is 64.7 Å². The first-order valence-corrected chi connectivity index (χ1v) is 7.91. The molecule has 1 aliphatic heterocycles. The topological polar surface area (TPSA) is 67.8 Å². The molecule has 1 saturated carbocycles. The molecule has 0 aromatic heterocycles. The van der Waals surface area contributed by atoms with Crippen molar-refractivity contribution in [1.29, 1.82) is 0 Å². The summed E-state index contributed by atoms with van der Waals surface area (Å²) in [6.45, 7) is 3.25. The fourth-order valence-corrected chi connectivity index (χ4v) is 3.07. The van der Waals surface area contributed by atoms with Gasteiger partial charge in [-0.15, -0.1) is 0 Å². The number of carbonyl (C=O) groups is 1. The Hall–Kier alpha value is -0.650. The van der Waals surface area contributed by atoms with E-state index in [1.807, 2.05) is 0 Å². The van der Waals surface area contributed by atoms with E-state index in [4.69, 9.17) is 14.6 Å². The van der Waals surface area contributed by atoms with Crippen molar-refractivity contribution in [2.24, 2.45) is 5.92 Å². The highest BCUT2D eigenvalue weighted by molar-refractivity contribution is 5.70. The zero-order valence-corrected chi connectivity index (χ0v) is 12.2. The third-order valence-corrected chi connectivity index (χ3v) is 4.25. The highest BCUT2D eigenvalue weighted by Crippen LogP contribution is 2.24. The molecule has 3 atom stereocenters. The minimum atomic E-state index is -0.642. The maximum atomic E-state index is 11.0. The fourth-order valence-electron chi connectivity index (χ4n) is 3.07. The summed E-state index contributed by atoms with van der Waals surface area (Å²) in [7, 11) is 0. The highest BCUT2D eigenvalue weighted by Gasteiger charge is 2.26. The molecule has 1 heterocycles. The molecule has 0 spiro atoms. The van der Waals surface area contributed by atoms with Crippen LogP contribution in [0.3, 0.4) is 0 Å². The van der Waals surface area contributed by atoms with Crippen molar-refractivity contribution < 1.29 is 19.4 Å². The lowest BCUT2D eigenvalue weighted by Crippen LogP contribution is -2.37. The number of carboxylic acid groups (broad SMARTS) is 1. The molecule has 20 heavy (non-hydrogen) atoms.